The average Bonchev–Trinajstić information content (AvgIpc) is 1.95. The normalized spacial score (nSPS) is 21.1. The van der Waals surface area contributed by atoms with Gasteiger partial charge in [0.25, 0.3) is 0 Å². The summed E-state index contributed by atoms with van der Waals surface area (Å²) in [6.45, 7) is 1.74. The van der Waals surface area contributed by atoms with Gasteiger partial charge in [-0.2, -0.15) is 0 Å². The molecule has 0 N–H and O–H groups in total. The number of hydrogen-bond donors (Lipinski definition) is 0. The summed E-state index contributed by atoms with van der Waals surface area (Å²) in [5.74, 6) is 0.382. The third-order valence-electron chi connectivity index (χ3n) is 1.73. The number of carbonyl (C=O) groups is 1. The Morgan fingerprint density at radius 1 is 1.50 bits per heavy atom. The Kier molecular flexibility index (Phi) is 2.90. The van der Waals surface area contributed by atoms with Crippen LogP contribution in [0.2, 0.25) is 0 Å². The fourth-order valence-electron chi connectivity index (χ4n) is 1.11. The molecule has 1 aliphatic rings. The first-order valence-electron chi connectivity index (χ1n) is 3.56. The van der Waals surface area contributed by atoms with Gasteiger partial charge in [-0.25, -0.2) is 0 Å². The zero-order chi connectivity index (χ0) is 7.40. The summed E-state index contributed by atoms with van der Waals surface area (Å²) < 4.78 is 4.93. The van der Waals surface area contributed by atoms with Crippen LogP contribution >= 0.6 is 0 Å². The Bertz CT molecular complexity index is 119. The van der Waals surface area contributed by atoms with Crippen molar-refractivity contribution >= 4 is 13.4 Å². The van der Waals surface area contributed by atoms with Crippen molar-refractivity contribution < 1.29 is 9.45 Å². The standard InChI is InChI=1S/C6H12BNO2/c1-10-7-8-4-2-6(9)3-5-8/h7H,2-5H2,1H3. The largest absolute Gasteiger partial charge is 0.427 e. The Hall–Kier alpha value is -0.345. The van der Waals surface area contributed by atoms with Crippen LogP contribution in [0.5, 0.6) is 0 Å². The number of hydrogen-bond acceptors (Lipinski definition) is 3. The van der Waals surface area contributed by atoms with E-state index in [1.54, 1.807) is 7.11 Å². The summed E-state index contributed by atoms with van der Waals surface area (Å²) in [6.07, 6.45) is 1.40. The average molecular weight is 141 g/mol. The van der Waals surface area contributed by atoms with Gasteiger partial charge in [0.2, 0.25) is 0 Å². The highest BCUT2D eigenvalue weighted by molar-refractivity contribution is 6.23. The van der Waals surface area contributed by atoms with Crippen LogP contribution in [0, 0.1) is 0 Å². The highest BCUT2D eigenvalue weighted by Crippen LogP contribution is 2.03. The maximum absolute atomic E-state index is 10.7. The van der Waals surface area contributed by atoms with Gasteiger partial charge in [-0.05, 0) is 13.1 Å². The minimum absolute atomic E-state index is 0.382. The molecule has 0 amide bonds. The number of carbonyl (C=O) groups excluding carboxylic acids is 1. The Balaban J connectivity index is 2.19. The van der Waals surface area contributed by atoms with Gasteiger partial charge in [0, 0.05) is 20.0 Å². The lowest BCUT2D eigenvalue weighted by Gasteiger charge is -2.23. The zero-order valence-electron chi connectivity index (χ0n) is 6.30. The maximum Gasteiger partial charge on any atom is 0.363 e. The van der Waals surface area contributed by atoms with Crippen molar-refractivity contribution in [1.82, 2.24) is 4.81 Å². The van der Waals surface area contributed by atoms with Gasteiger partial charge in [0.15, 0.2) is 0 Å². The van der Waals surface area contributed by atoms with E-state index in [9.17, 15) is 4.79 Å². The Labute approximate surface area is 61.6 Å². The molecule has 0 atom stereocenters. The first-order chi connectivity index (χ1) is 4.83. The molecular formula is C6H12BNO2. The molecule has 0 radical (unpaired) electrons. The monoisotopic (exact) mass is 141 g/mol. The van der Waals surface area contributed by atoms with Crippen LogP contribution in [0.25, 0.3) is 0 Å². The number of piperidine rings is 1. The van der Waals surface area contributed by atoms with Crippen LogP contribution in [0.3, 0.4) is 0 Å². The summed E-state index contributed by atoms with van der Waals surface area (Å²) in [5, 5.41) is 0. The summed E-state index contributed by atoms with van der Waals surface area (Å²) in [6, 6.07) is 0. The predicted octanol–water partition coefficient (Wildman–Crippen LogP) is -0.436. The van der Waals surface area contributed by atoms with Crippen molar-refractivity contribution in [2.24, 2.45) is 0 Å². The molecule has 0 aromatic rings. The van der Waals surface area contributed by atoms with Gasteiger partial charge < -0.3 is 9.47 Å². The molecule has 1 rings (SSSR count). The summed E-state index contributed by atoms with van der Waals surface area (Å²) in [5.41, 5.74) is 0. The second-order valence-corrected chi connectivity index (χ2v) is 2.57. The van der Waals surface area contributed by atoms with Gasteiger partial charge >= 0.3 is 7.62 Å². The topological polar surface area (TPSA) is 29.5 Å². The molecule has 0 saturated carbocycles. The van der Waals surface area contributed by atoms with Gasteiger partial charge in [-0.3, -0.25) is 4.79 Å². The second kappa shape index (κ2) is 3.73. The quantitative estimate of drug-likeness (QED) is 0.488. The number of ketones is 1. The predicted molar refractivity (Wildman–Crippen MR) is 40.0 cm³/mol. The van der Waals surface area contributed by atoms with Gasteiger partial charge in [-0.1, -0.05) is 0 Å². The van der Waals surface area contributed by atoms with Crippen molar-refractivity contribution in [3.8, 4) is 0 Å². The first kappa shape index (κ1) is 7.76. The van der Waals surface area contributed by atoms with E-state index >= 15 is 0 Å². The number of rotatable bonds is 2. The van der Waals surface area contributed by atoms with E-state index < -0.39 is 0 Å². The van der Waals surface area contributed by atoms with Crippen LogP contribution in [-0.2, 0) is 9.45 Å². The van der Waals surface area contributed by atoms with Crippen LogP contribution in [0.15, 0.2) is 0 Å². The molecule has 1 heterocycles. The van der Waals surface area contributed by atoms with Crippen LogP contribution < -0.4 is 0 Å². The van der Waals surface area contributed by atoms with Gasteiger partial charge in [-0.15, -0.1) is 0 Å². The lowest BCUT2D eigenvalue weighted by atomic mass is 10.0. The van der Waals surface area contributed by atoms with Crippen LogP contribution in [0.1, 0.15) is 12.8 Å². The smallest absolute Gasteiger partial charge is 0.363 e. The molecule has 3 nitrogen and oxygen atoms in total. The highest BCUT2D eigenvalue weighted by Gasteiger charge is 2.15. The molecule has 4 heteroatoms. The summed E-state index contributed by atoms with van der Waals surface area (Å²) >= 11 is 0. The molecule has 1 aliphatic heterocycles. The zero-order valence-corrected chi connectivity index (χ0v) is 6.30. The number of nitrogens with zero attached hydrogens (tertiary/aromatic N) is 1. The molecule has 56 valence electrons. The van der Waals surface area contributed by atoms with E-state index in [1.165, 1.54) is 0 Å². The first-order valence-corrected chi connectivity index (χ1v) is 3.56. The molecule has 0 spiro atoms. The maximum atomic E-state index is 10.7. The SMILES string of the molecule is COBN1CCC(=O)CC1. The van der Waals surface area contributed by atoms with E-state index in [0.717, 1.165) is 13.1 Å². The van der Waals surface area contributed by atoms with E-state index in [0.29, 0.717) is 26.2 Å². The second-order valence-electron chi connectivity index (χ2n) is 2.57. The van der Waals surface area contributed by atoms with Gasteiger partial charge in [0.1, 0.15) is 5.78 Å². The minimum Gasteiger partial charge on any atom is -0.427 e. The molecule has 1 saturated heterocycles. The molecule has 1 fully saturated rings. The van der Waals surface area contributed by atoms with Gasteiger partial charge in [0.05, 0.1) is 0 Å². The Morgan fingerprint density at radius 3 is 2.60 bits per heavy atom. The van der Waals surface area contributed by atoms with E-state index in [4.69, 9.17) is 4.65 Å². The molecule has 0 bridgehead atoms. The van der Waals surface area contributed by atoms with Crippen LogP contribution in [0.4, 0.5) is 0 Å². The third-order valence-corrected chi connectivity index (χ3v) is 1.73. The van der Waals surface area contributed by atoms with E-state index in [1.807, 2.05) is 0 Å². The van der Waals surface area contributed by atoms with Crippen molar-refractivity contribution in [2.75, 3.05) is 20.2 Å². The van der Waals surface area contributed by atoms with E-state index in [2.05, 4.69) is 4.81 Å². The molecule has 0 aromatic carbocycles. The lowest BCUT2D eigenvalue weighted by molar-refractivity contribution is -0.120. The lowest BCUT2D eigenvalue weighted by Crippen LogP contribution is -2.37. The molecule has 0 unspecified atom stereocenters. The van der Waals surface area contributed by atoms with E-state index in [-0.39, 0.29) is 0 Å². The minimum atomic E-state index is 0.382. The third kappa shape index (κ3) is 2.12. The molecule has 10 heavy (non-hydrogen) atoms. The molecule has 0 aliphatic carbocycles. The molecule has 0 aromatic heterocycles. The van der Waals surface area contributed by atoms with Crippen LogP contribution in [-0.4, -0.2) is 38.4 Å². The fraction of sp³-hybridized carbons (Fsp3) is 0.833. The number of Topliss-reactive ketones (excluding diaryl/α,β-unsaturated/α-hetero) is 1. The van der Waals surface area contributed by atoms with Crippen molar-refractivity contribution in [3.05, 3.63) is 0 Å². The highest BCUT2D eigenvalue weighted by atomic mass is 16.4. The van der Waals surface area contributed by atoms with Crippen molar-refractivity contribution in [3.63, 3.8) is 0 Å². The Morgan fingerprint density at radius 2 is 2.10 bits per heavy atom. The van der Waals surface area contributed by atoms with Crippen molar-refractivity contribution in [2.45, 2.75) is 12.8 Å². The molecular weight excluding hydrogens is 129 g/mol. The van der Waals surface area contributed by atoms with Crippen molar-refractivity contribution in [1.29, 1.82) is 0 Å². The summed E-state index contributed by atoms with van der Waals surface area (Å²) in [4.78, 5) is 12.9. The fourth-order valence-corrected chi connectivity index (χ4v) is 1.11. The summed E-state index contributed by atoms with van der Waals surface area (Å²) in [7, 11) is 2.34.